The molecule has 0 bridgehead atoms. The lowest BCUT2D eigenvalue weighted by Gasteiger charge is -2.12. The van der Waals surface area contributed by atoms with Crippen molar-refractivity contribution >= 4 is 0 Å². The van der Waals surface area contributed by atoms with Gasteiger partial charge in [0.15, 0.2) is 0 Å². The lowest BCUT2D eigenvalue weighted by Crippen LogP contribution is -2.15. The number of hydrogen-bond donors (Lipinski definition) is 1. The number of nitrogens with one attached hydrogen (secondary N) is 1. The maximum Gasteiger partial charge on any atom is 0.0494 e. The van der Waals surface area contributed by atoms with Crippen molar-refractivity contribution in [3.63, 3.8) is 0 Å². The molecule has 0 aromatic heterocycles. The molecule has 1 rings (SSSR count). The summed E-state index contributed by atoms with van der Waals surface area (Å²) in [6.07, 6.45) is 5.10. The molecule has 1 aliphatic rings. The first kappa shape index (κ1) is 10.0. The Morgan fingerprint density at radius 3 is 3.08 bits per heavy atom. The van der Waals surface area contributed by atoms with Crippen LogP contribution in [0.4, 0.5) is 0 Å². The van der Waals surface area contributed by atoms with Gasteiger partial charge in [-0.15, -0.1) is 0 Å². The van der Waals surface area contributed by atoms with Gasteiger partial charge in [0, 0.05) is 13.2 Å². The van der Waals surface area contributed by atoms with Crippen LogP contribution in [-0.4, -0.2) is 26.3 Å². The maximum absolute atomic E-state index is 5.55. The van der Waals surface area contributed by atoms with Gasteiger partial charge in [0.25, 0.3) is 0 Å². The van der Waals surface area contributed by atoms with E-state index >= 15 is 0 Å². The summed E-state index contributed by atoms with van der Waals surface area (Å²) in [5.41, 5.74) is 0. The molecule has 0 aliphatic carbocycles. The predicted octanol–water partition coefficient (Wildman–Crippen LogP) is 1.80. The maximum atomic E-state index is 5.55. The molecule has 12 heavy (non-hydrogen) atoms. The summed E-state index contributed by atoms with van der Waals surface area (Å²) in [5.74, 6) is 0.812. The van der Waals surface area contributed by atoms with Crippen LogP contribution >= 0.6 is 0 Å². The molecule has 1 unspecified atom stereocenters. The largest absolute Gasteiger partial charge is 0.381 e. The molecule has 1 N–H and O–H groups in total. The Morgan fingerprint density at radius 1 is 1.33 bits per heavy atom. The van der Waals surface area contributed by atoms with Gasteiger partial charge in [0.1, 0.15) is 0 Å². The van der Waals surface area contributed by atoms with Crippen molar-refractivity contribution in [3.8, 4) is 0 Å². The summed E-state index contributed by atoms with van der Waals surface area (Å²) in [4.78, 5) is 0. The average Bonchev–Trinajstić information content (AvgIpc) is 2.33. The van der Waals surface area contributed by atoms with Gasteiger partial charge < -0.3 is 10.1 Å². The quantitative estimate of drug-likeness (QED) is 0.651. The molecule has 0 amide bonds. The SMILES string of the molecule is CCCOCC1CCCNCC1. The highest BCUT2D eigenvalue weighted by Crippen LogP contribution is 2.13. The Kier molecular flexibility index (Phi) is 5.37. The van der Waals surface area contributed by atoms with Crippen molar-refractivity contribution in [1.29, 1.82) is 0 Å². The topological polar surface area (TPSA) is 21.3 Å². The zero-order valence-corrected chi connectivity index (χ0v) is 8.14. The number of hydrogen-bond acceptors (Lipinski definition) is 2. The molecule has 1 heterocycles. The highest BCUT2D eigenvalue weighted by Gasteiger charge is 2.11. The molecule has 1 aliphatic heterocycles. The molecule has 1 fully saturated rings. The van der Waals surface area contributed by atoms with Gasteiger partial charge in [-0.1, -0.05) is 6.92 Å². The van der Waals surface area contributed by atoms with E-state index in [0.29, 0.717) is 0 Å². The number of ether oxygens (including phenoxy) is 1. The molecule has 2 heteroatoms. The third-order valence-electron chi connectivity index (χ3n) is 2.40. The summed E-state index contributed by atoms with van der Waals surface area (Å²) in [6, 6.07) is 0. The fourth-order valence-corrected chi connectivity index (χ4v) is 1.65. The van der Waals surface area contributed by atoms with E-state index in [1.807, 2.05) is 0 Å². The summed E-state index contributed by atoms with van der Waals surface area (Å²) in [5, 5.41) is 3.41. The van der Waals surface area contributed by atoms with Crippen molar-refractivity contribution in [3.05, 3.63) is 0 Å². The van der Waals surface area contributed by atoms with Crippen LogP contribution in [0.2, 0.25) is 0 Å². The van der Waals surface area contributed by atoms with Crippen LogP contribution in [0.5, 0.6) is 0 Å². The van der Waals surface area contributed by atoms with Crippen molar-refractivity contribution < 1.29 is 4.74 Å². The van der Waals surface area contributed by atoms with Crippen LogP contribution in [0.1, 0.15) is 32.6 Å². The number of rotatable bonds is 4. The van der Waals surface area contributed by atoms with Gasteiger partial charge in [0.05, 0.1) is 0 Å². The second kappa shape index (κ2) is 6.44. The Hall–Kier alpha value is -0.0800. The first-order valence-electron chi connectivity index (χ1n) is 5.22. The second-order valence-electron chi connectivity index (χ2n) is 3.62. The van der Waals surface area contributed by atoms with Gasteiger partial charge in [-0.3, -0.25) is 0 Å². The molecule has 0 saturated carbocycles. The second-order valence-corrected chi connectivity index (χ2v) is 3.62. The van der Waals surface area contributed by atoms with Crippen LogP contribution in [0.3, 0.4) is 0 Å². The Morgan fingerprint density at radius 2 is 2.25 bits per heavy atom. The standard InChI is InChI=1S/C10H21NO/c1-2-8-12-9-10-4-3-6-11-7-5-10/h10-11H,2-9H2,1H3. The van der Waals surface area contributed by atoms with Crippen molar-refractivity contribution in [1.82, 2.24) is 5.32 Å². The zero-order chi connectivity index (χ0) is 8.65. The van der Waals surface area contributed by atoms with Gasteiger partial charge in [0.2, 0.25) is 0 Å². The monoisotopic (exact) mass is 171 g/mol. The molecular weight excluding hydrogens is 150 g/mol. The Labute approximate surface area is 75.7 Å². The minimum atomic E-state index is 0.812. The zero-order valence-electron chi connectivity index (χ0n) is 8.14. The molecule has 2 nitrogen and oxygen atoms in total. The fraction of sp³-hybridized carbons (Fsp3) is 1.00. The van der Waals surface area contributed by atoms with E-state index in [1.54, 1.807) is 0 Å². The van der Waals surface area contributed by atoms with E-state index < -0.39 is 0 Å². The molecule has 0 radical (unpaired) electrons. The Balaban J connectivity index is 2.04. The van der Waals surface area contributed by atoms with Gasteiger partial charge in [-0.05, 0) is 44.7 Å². The third kappa shape index (κ3) is 4.07. The van der Waals surface area contributed by atoms with Gasteiger partial charge >= 0.3 is 0 Å². The summed E-state index contributed by atoms with van der Waals surface area (Å²) < 4.78 is 5.55. The first-order chi connectivity index (χ1) is 5.93. The summed E-state index contributed by atoms with van der Waals surface area (Å²) >= 11 is 0. The van der Waals surface area contributed by atoms with Crippen LogP contribution < -0.4 is 5.32 Å². The fourth-order valence-electron chi connectivity index (χ4n) is 1.65. The van der Waals surface area contributed by atoms with Crippen LogP contribution in [0, 0.1) is 5.92 Å². The van der Waals surface area contributed by atoms with E-state index in [9.17, 15) is 0 Å². The lowest BCUT2D eigenvalue weighted by atomic mass is 10.0. The highest BCUT2D eigenvalue weighted by atomic mass is 16.5. The van der Waals surface area contributed by atoms with E-state index in [4.69, 9.17) is 4.74 Å². The molecule has 0 aromatic carbocycles. The average molecular weight is 171 g/mol. The van der Waals surface area contributed by atoms with E-state index in [2.05, 4.69) is 12.2 Å². The normalized spacial score (nSPS) is 25.2. The van der Waals surface area contributed by atoms with Gasteiger partial charge in [-0.2, -0.15) is 0 Å². The summed E-state index contributed by atoms with van der Waals surface area (Å²) in [6.45, 7) is 6.46. The lowest BCUT2D eigenvalue weighted by molar-refractivity contribution is 0.0955. The summed E-state index contributed by atoms with van der Waals surface area (Å²) in [7, 11) is 0. The van der Waals surface area contributed by atoms with Crippen LogP contribution in [0.25, 0.3) is 0 Å². The van der Waals surface area contributed by atoms with Crippen LogP contribution in [-0.2, 0) is 4.74 Å². The molecule has 0 spiro atoms. The first-order valence-corrected chi connectivity index (χ1v) is 5.22. The molecule has 1 saturated heterocycles. The third-order valence-corrected chi connectivity index (χ3v) is 2.40. The molecule has 1 atom stereocenters. The van der Waals surface area contributed by atoms with E-state index in [0.717, 1.165) is 25.6 Å². The smallest absolute Gasteiger partial charge is 0.0494 e. The minimum Gasteiger partial charge on any atom is -0.381 e. The van der Waals surface area contributed by atoms with Gasteiger partial charge in [-0.25, -0.2) is 0 Å². The van der Waals surface area contributed by atoms with E-state index in [-0.39, 0.29) is 0 Å². The van der Waals surface area contributed by atoms with Crippen LogP contribution in [0.15, 0.2) is 0 Å². The van der Waals surface area contributed by atoms with Crippen molar-refractivity contribution in [2.24, 2.45) is 5.92 Å². The highest BCUT2D eigenvalue weighted by molar-refractivity contribution is 4.65. The van der Waals surface area contributed by atoms with E-state index in [1.165, 1.54) is 32.4 Å². The minimum absolute atomic E-state index is 0.812. The molecule has 0 aromatic rings. The molecular formula is C10H21NO. The predicted molar refractivity (Wildman–Crippen MR) is 51.3 cm³/mol. The molecule has 72 valence electrons. The van der Waals surface area contributed by atoms with Crippen molar-refractivity contribution in [2.75, 3.05) is 26.3 Å². The van der Waals surface area contributed by atoms with Crippen molar-refractivity contribution in [2.45, 2.75) is 32.6 Å². The Bertz CT molecular complexity index is 98.0.